The zero-order valence-electron chi connectivity index (χ0n) is 17.4. The molecule has 2 aliphatic rings. The summed E-state index contributed by atoms with van der Waals surface area (Å²) in [6, 6.07) is 7.80. The zero-order valence-corrected chi connectivity index (χ0v) is 17.4. The van der Waals surface area contributed by atoms with Gasteiger partial charge in [0.25, 0.3) is 5.91 Å². The van der Waals surface area contributed by atoms with Crippen LogP contribution in [0.15, 0.2) is 30.5 Å². The third-order valence-corrected chi connectivity index (χ3v) is 6.45. The van der Waals surface area contributed by atoms with Gasteiger partial charge in [-0.15, -0.1) is 0 Å². The molecule has 0 spiro atoms. The molecule has 0 atom stereocenters. The molecule has 2 amide bonds. The van der Waals surface area contributed by atoms with E-state index in [2.05, 4.69) is 4.98 Å². The second-order valence-electron chi connectivity index (χ2n) is 8.34. The number of carbonyl (C=O) groups excluding carboxylic acids is 2. The molecule has 0 radical (unpaired) electrons. The van der Waals surface area contributed by atoms with E-state index in [1.165, 1.54) is 5.69 Å². The highest BCUT2D eigenvalue weighted by Crippen LogP contribution is 2.25. The van der Waals surface area contributed by atoms with Crippen molar-refractivity contribution >= 4 is 22.7 Å². The van der Waals surface area contributed by atoms with Crippen molar-refractivity contribution in [2.24, 2.45) is 7.05 Å². The van der Waals surface area contributed by atoms with Gasteiger partial charge in [0.15, 0.2) is 0 Å². The van der Waals surface area contributed by atoms with Gasteiger partial charge in [-0.05, 0) is 36.4 Å². The van der Waals surface area contributed by atoms with Crippen molar-refractivity contribution < 1.29 is 9.59 Å². The molecule has 0 aliphatic carbocycles. The first-order valence-corrected chi connectivity index (χ1v) is 10.8. The fourth-order valence-electron chi connectivity index (χ4n) is 4.76. The summed E-state index contributed by atoms with van der Waals surface area (Å²) in [5.74, 6) is 0.259. The van der Waals surface area contributed by atoms with Gasteiger partial charge in [0.1, 0.15) is 0 Å². The van der Waals surface area contributed by atoms with Crippen LogP contribution in [0.3, 0.4) is 0 Å². The number of H-pyrrole nitrogens is 1. The van der Waals surface area contributed by atoms with E-state index in [0.29, 0.717) is 31.5 Å². The molecule has 3 aromatic rings. The molecule has 2 aromatic heterocycles. The maximum atomic E-state index is 13.2. The summed E-state index contributed by atoms with van der Waals surface area (Å²) in [6.07, 6.45) is 6.01. The number of rotatable bonds is 4. The number of aryl methyl sites for hydroxylation is 2. The minimum absolute atomic E-state index is 0.0418. The number of aromatic amines is 1. The lowest BCUT2D eigenvalue weighted by molar-refractivity contribution is -0.130. The number of hydrogen-bond donors (Lipinski definition) is 1. The van der Waals surface area contributed by atoms with Crippen LogP contribution in [0, 0.1) is 0 Å². The monoisotopic (exact) mass is 405 g/mol. The highest BCUT2D eigenvalue weighted by molar-refractivity contribution is 5.98. The highest BCUT2D eigenvalue weighted by Gasteiger charge is 2.28. The van der Waals surface area contributed by atoms with Gasteiger partial charge in [-0.1, -0.05) is 6.07 Å². The zero-order chi connectivity index (χ0) is 20.7. The van der Waals surface area contributed by atoms with Crippen molar-refractivity contribution in [3.8, 4) is 0 Å². The Bertz CT molecular complexity index is 1110. The minimum atomic E-state index is 0.0418. The standard InChI is InChI=1S/C23H27N5O2/c1-26-21-9-13-28(23(30)17-5-4-16-8-10-24-20(16)14-17)15-18(21)19(25-26)6-7-22(29)27-11-2-3-12-27/h4-5,8,10,14,24H,2-3,6-7,9,11-13,15H2,1H3. The number of nitrogens with zero attached hydrogens (tertiary/aromatic N) is 4. The number of nitrogens with one attached hydrogen (secondary N) is 1. The normalized spacial score (nSPS) is 16.3. The minimum Gasteiger partial charge on any atom is -0.361 e. The predicted octanol–water partition coefficient (Wildman–Crippen LogP) is 2.65. The Kier molecular flexibility index (Phi) is 4.81. The first-order valence-electron chi connectivity index (χ1n) is 10.8. The van der Waals surface area contributed by atoms with Crippen LogP contribution in [-0.2, 0) is 31.2 Å². The van der Waals surface area contributed by atoms with Crippen molar-refractivity contribution in [3.63, 3.8) is 0 Å². The van der Waals surface area contributed by atoms with Crippen LogP contribution in [0.25, 0.3) is 10.9 Å². The molecule has 1 N–H and O–H groups in total. The van der Waals surface area contributed by atoms with Crippen LogP contribution >= 0.6 is 0 Å². The Labute approximate surface area is 175 Å². The lowest BCUT2D eigenvalue weighted by Crippen LogP contribution is -2.36. The molecule has 2 aliphatic heterocycles. The maximum absolute atomic E-state index is 13.2. The molecule has 7 heteroatoms. The second-order valence-corrected chi connectivity index (χ2v) is 8.34. The fourth-order valence-corrected chi connectivity index (χ4v) is 4.76. The molecule has 0 saturated carbocycles. The third kappa shape index (κ3) is 3.38. The molecular formula is C23H27N5O2. The Morgan fingerprint density at radius 3 is 2.77 bits per heavy atom. The van der Waals surface area contributed by atoms with Crippen LogP contribution in [0.2, 0.25) is 0 Å². The van der Waals surface area contributed by atoms with Crippen molar-refractivity contribution in [2.75, 3.05) is 19.6 Å². The van der Waals surface area contributed by atoms with Gasteiger partial charge in [-0.2, -0.15) is 5.10 Å². The van der Waals surface area contributed by atoms with Crippen LogP contribution in [0.1, 0.15) is 46.6 Å². The summed E-state index contributed by atoms with van der Waals surface area (Å²) in [5.41, 5.74) is 4.93. The Morgan fingerprint density at radius 2 is 1.93 bits per heavy atom. The molecular weight excluding hydrogens is 378 g/mol. The number of amides is 2. The SMILES string of the molecule is Cn1nc(CCC(=O)N2CCCC2)c2c1CCN(C(=O)c1ccc3cc[nH]c3c1)C2. The molecule has 1 aromatic carbocycles. The van der Waals surface area contributed by atoms with Gasteiger partial charge in [-0.3, -0.25) is 14.3 Å². The van der Waals surface area contributed by atoms with Crippen molar-refractivity contribution in [3.05, 3.63) is 53.0 Å². The van der Waals surface area contributed by atoms with E-state index >= 15 is 0 Å². The predicted molar refractivity (Wildman–Crippen MR) is 114 cm³/mol. The summed E-state index contributed by atoms with van der Waals surface area (Å²) in [5, 5.41) is 5.80. The van der Waals surface area contributed by atoms with Gasteiger partial charge in [0.2, 0.25) is 5.91 Å². The molecule has 0 bridgehead atoms. The van der Waals surface area contributed by atoms with Gasteiger partial charge in [0.05, 0.1) is 5.69 Å². The van der Waals surface area contributed by atoms with Gasteiger partial charge < -0.3 is 14.8 Å². The second kappa shape index (κ2) is 7.63. The molecule has 4 heterocycles. The number of aromatic nitrogens is 3. The summed E-state index contributed by atoms with van der Waals surface area (Å²) < 4.78 is 1.93. The van der Waals surface area contributed by atoms with Crippen molar-refractivity contribution in [1.82, 2.24) is 24.6 Å². The average Bonchev–Trinajstić information content (AvgIpc) is 3.51. The molecule has 7 nitrogen and oxygen atoms in total. The Morgan fingerprint density at radius 1 is 1.10 bits per heavy atom. The number of hydrogen-bond acceptors (Lipinski definition) is 3. The maximum Gasteiger partial charge on any atom is 0.254 e. The summed E-state index contributed by atoms with van der Waals surface area (Å²) in [6.45, 7) is 3.00. The van der Waals surface area contributed by atoms with Crippen molar-refractivity contribution in [1.29, 1.82) is 0 Å². The van der Waals surface area contributed by atoms with Crippen LogP contribution < -0.4 is 0 Å². The van der Waals surface area contributed by atoms with E-state index in [-0.39, 0.29) is 11.8 Å². The number of carbonyl (C=O) groups is 2. The lowest BCUT2D eigenvalue weighted by Gasteiger charge is -2.28. The fraction of sp³-hybridized carbons (Fsp3) is 0.435. The molecule has 1 fully saturated rings. The largest absolute Gasteiger partial charge is 0.361 e. The number of benzene rings is 1. The lowest BCUT2D eigenvalue weighted by atomic mass is 10.0. The summed E-state index contributed by atoms with van der Waals surface area (Å²) >= 11 is 0. The molecule has 0 unspecified atom stereocenters. The summed E-state index contributed by atoms with van der Waals surface area (Å²) in [4.78, 5) is 32.7. The highest BCUT2D eigenvalue weighted by atomic mass is 16.2. The van der Waals surface area contributed by atoms with Gasteiger partial charge in [-0.25, -0.2) is 0 Å². The van der Waals surface area contributed by atoms with Crippen LogP contribution in [0.4, 0.5) is 0 Å². The topological polar surface area (TPSA) is 74.2 Å². The Balaban J connectivity index is 1.32. The number of fused-ring (bicyclic) bond motifs is 2. The van der Waals surface area contributed by atoms with E-state index in [0.717, 1.165) is 54.5 Å². The quantitative estimate of drug-likeness (QED) is 0.725. The Hall–Kier alpha value is -3.09. The van der Waals surface area contributed by atoms with Gasteiger partial charge >= 0.3 is 0 Å². The third-order valence-electron chi connectivity index (χ3n) is 6.45. The molecule has 5 rings (SSSR count). The first kappa shape index (κ1) is 18.9. The van der Waals surface area contributed by atoms with Crippen LogP contribution in [-0.4, -0.2) is 56.0 Å². The number of likely N-dealkylation sites (tertiary alicyclic amines) is 1. The van der Waals surface area contributed by atoms with E-state index in [9.17, 15) is 9.59 Å². The van der Waals surface area contributed by atoms with Crippen molar-refractivity contribution in [2.45, 2.75) is 38.6 Å². The van der Waals surface area contributed by atoms with Crippen LogP contribution in [0.5, 0.6) is 0 Å². The molecule has 30 heavy (non-hydrogen) atoms. The van der Waals surface area contributed by atoms with E-state index in [4.69, 9.17) is 5.10 Å². The molecule has 156 valence electrons. The first-order chi connectivity index (χ1) is 14.6. The summed E-state index contributed by atoms with van der Waals surface area (Å²) in [7, 11) is 1.96. The molecule has 1 saturated heterocycles. The average molecular weight is 406 g/mol. The van der Waals surface area contributed by atoms with E-state index in [1.54, 1.807) is 0 Å². The van der Waals surface area contributed by atoms with E-state index < -0.39 is 0 Å². The van der Waals surface area contributed by atoms with Gasteiger partial charge in [0, 0.05) is 81.0 Å². The van der Waals surface area contributed by atoms with E-state index in [1.807, 2.05) is 52.0 Å². The smallest absolute Gasteiger partial charge is 0.254 e.